The lowest BCUT2D eigenvalue weighted by molar-refractivity contribution is -0.113. The smallest absolute Gasteiger partial charge is 0.234 e. The normalized spacial score (nSPS) is 10.5. The molecule has 1 aromatic heterocycles. The molecule has 0 fully saturated rings. The number of benzene rings is 2. The summed E-state index contributed by atoms with van der Waals surface area (Å²) in [5, 5.41) is 12.5. The summed E-state index contributed by atoms with van der Waals surface area (Å²) in [6.07, 6.45) is 0. The van der Waals surface area contributed by atoms with Gasteiger partial charge in [0.2, 0.25) is 5.91 Å². The van der Waals surface area contributed by atoms with Crippen LogP contribution in [-0.4, -0.2) is 29.0 Å². The monoisotopic (exact) mass is 419 g/mol. The van der Waals surface area contributed by atoms with Crippen LogP contribution in [0.1, 0.15) is 0 Å². The molecule has 0 aliphatic heterocycles. The molecule has 0 bridgehead atoms. The van der Waals surface area contributed by atoms with E-state index in [0.29, 0.717) is 20.8 Å². The van der Waals surface area contributed by atoms with Gasteiger partial charge in [-0.2, -0.15) is 0 Å². The van der Waals surface area contributed by atoms with Crippen LogP contribution in [0.25, 0.3) is 11.3 Å². The van der Waals surface area contributed by atoms with E-state index in [9.17, 15) is 4.79 Å². The van der Waals surface area contributed by atoms with Crippen LogP contribution in [0.3, 0.4) is 0 Å². The number of halogens is 2. The van der Waals surface area contributed by atoms with Crippen molar-refractivity contribution in [3.63, 3.8) is 0 Å². The first-order valence-electron chi connectivity index (χ1n) is 7.91. The van der Waals surface area contributed by atoms with Gasteiger partial charge < -0.3 is 10.1 Å². The number of hydrogen-bond donors (Lipinski definition) is 1. The molecule has 0 radical (unpaired) electrons. The van der Waals surface area contributed by atoms with Crippen molar-refractivity contribution in [2.24, 2.45) is 0 Å². The summed E-state index contributed by atoms with van der Waals surface area (Å²) in [7, 11) is 1.62. The molecule has 5 nitrogen and oxygen atoms in total. The molecular formula is C19H15Cl2N3O2S. The van der Waals surface area contributed by atoms with Crippen LogP contribution in [0.2, 0.25) is 10.0 Å². The molecule has 138 valence electrons. The van der Waals surface area contributed by atoms with Crippen LogP contribution in [0, 0.1) is 0 Å². The lowest BCUT2D eigenvalue weighted by Crippen LogP contribution is -2.14. The third-order valence-electron chi connectivity index (χ3n) is 3.60. The van der Waals surface area contributed by atoms with Crippen molar-refractivity contribution in [2.45, 2.75) is 5.03 Å². The van der Waals surface area contributed by atoms with E-state index in [-0.39, 0.29) is 11.7 Å². The fraction of sp³-hybridized carbons (Fsp3) is 0.105. The number of thioether (sulfide) groups is 1. The molecule has 0 aliphatic carbocycles. The van der Waals surface area contributed by atoms with Gasteiger partial charge in [0.25, 0.3) is 0 Å². The van der Waals surface area contributed by atoms with Crippen LogP contribution in [0.15, 0.2) is 59.6 Å². The fourth-order valence-corrected chi connectivity index (χ4v) is 3.20. The Kier molecular flexibility index (Phi) is 6.55. The maximum absolute atomic E-state index is 12.1. The van der Waals surface area contributed by atoms with Gasteiger partial charge in [-0.05, 0) is 48.5 Å². The van der Waals surface area contributed by atoms with E-state index in [1.807, 2.05) is 36.4 Å². The molecule has 0 saturated heterocycles. The Labute approximate surface area is 171 Å². The Morgan fingerprint density at radius 1 is 1.07 bits per heavy atom. The molecule has 0 unspecified atom stereocenters. The summed E-state index contributed by atoms with van der Waals surface area (Å²) >= 11 is 13.3. The van der Waals surface area contributed by atoms with Crippen molar-refractivity contribution in [3.8, 4) is 17.0 Å². The number of nitrogens with zero attached hydrogens (tertiary/aromatic N) is 2. The Morgan fingerprint density at radius 2 is 1.85 bits per heavy atom. The van der Waals surface area contributed by atoms with E-state index in [1.54, 1.807) is 25.3 Å². The Morgan fingerprint density at radius 3 is 2.52 bits per heavy atom. The van der Waals surface area contributed by atoms with E-state index in [1.165, 1.54) is 11.8 Å². The summed E-state index contributed by atoms with van der Waals surface area (Å²) in [4.78, 5) is 12.1. The number of methoxy groups -OCH3 is 1. The number of ether oxygens (including phenoxy) is 1. The van der Waals surface area contributed by atoms with Gasteiger partial charge in [0.05, 0.1) is 34.3 Å². The Balaban J connectivity index is 1.58. The first kappa shape index (κ1) is 19.5. The highest BCUT2D eigenvalue weighted by molar-refractivity contribution is 7.99. The zero-order valence-electron chi connectivity index (χ0n) is 14.3. The van der Waals surface area contributed by atoms with E-state index in [2.05, 4.69) is 15.5 Å². The molecule has 0 atom stereocenters. The summed E-state index contributed by atoms with van der Waals surface area (Å²) < 4.78 is 5.14. The third-order valence-corrected chi connectivity index (χ3v) is 5.34. The van der Waals surface area contributed by atoms with Crippen molar-refractivity contribution >= 4 is 46.6 Å². The van der Waals surface area contributed by atoms with Crippen molar-refractivity contribution in [1.82, 2.24) is 10.2 Å². The lowest BCUT2D eigenvalue weighted by atomic mass is 10.1. The second-order valence-electron chi connectivity index (χ2n) is 5.42. The van der Waals surface area contributed by atoms with Gasteiger partial charge in [-0.15, -0.1) is 10.2 Å². The predicted octanol–water partition coefficient (Wildman–Crippen LogP) is 5.19. The SMILES string of the molecule is COc1ccc(-c2ccc(SCC(=O)Nc3cccc(Cl)c3Cl)nn2)cc1. The number of hydrogen-bond acceptors (Lipinski definition) is 5. The Bertz CT molecular complexity index is 935. The van der Waals surface area contributed by atoms with E-state index >= 15 is 0 Å². The van der Waals surface area contributed by atoms with Crippen LogP contribution in [0.4, 0.5) is 5.69 Å². The van der Waals surface area contributed by atoms with Gasteiger partial charge in [0.15, 0.2) is 0 Å². The molecule has 2 aromatic carbocycles. The van der Waals surface area contributed by atoms with Crippen molar-refractivity contribution in [1.29, 1.82) is 0 Å². The maximum Gasteiger partial charge on any atom is 0.234 e. The molecule has 3 rings (SSSR count). The van der Waals surface area contributed by atoms with E-state index in [0.717, 1.165) is 17.0 Å². The van der Waals surface area contributed by atoms with Crippen molar-refractivity contribution in [3.05, 3.63) is 64.6 Å². The molecule has 0 aliphatic rings. The Hall–Kier alpha value is -2.28. The minimum absolute atomic E-state index is 0.180. The van der Waals surface area contributed by atoms with Crippen molar-refractivity contribution in [2.75, 3.05) is 18.2 Å². The molecule has 1 amide bonds. The second-order valence-corrected chi connectivity index (χ2v) is 7.20. The molecule has 0 spiro atoms. The van der Waals surface area contributed by atoms with Gasteiger partial charge in [-0.3, -0.25) is 4.79 Å². The number of aromatic nitrogens is 2. The highest BCUT2D eigenvalue weighted by atomic mass is 35.5. The zero-order chi connectivity index (χ0) is 19.2. The van der Waals surface area contributed by atoms with Crippen LogP contribution < -0.4 is 10.1 Å². The molecule has 1 heterocycles. The maximum atomic E-state index is 12.1. The highest BCUT2D eigenvalue weighted by Crippen LogP contribution is 2.29. The topological polar surface area (TPSA) is 64.1 Å². The quantitative estimate of drug-likeness (QED) is 0.556. The van der Waals surface area contributed by atoms with Crippen LogP contribution in [-0.2, 0) is 4.79 Å². The van der Waals surface area contributed by atoms with Gasteiger partial charge in [-0.1, -0.05) is 41.0 Å². The first-order chi connectivity index (χ1) is 13.1. The van der Waals surface area contributed by atoms with Gasteiger partial charge in [-0.25, -0.2) is 0 Å². The lowest BCUT2D eigenvalue weighted by Gasteiger charge is -2.08. The molecule has 0 saturated carbocycles. The standard InChI is InChI=1S/C19H15Cl2N3O2S/c1-26-13-7-5-12(6-8-13)15-9-10-18(24-23-15)27-11-17(25)22-16-4-2-3-14(20)19(16)21/h2-10H,11H2,1H3,(H,22,25). The second kappa shape index (κ2) is 9.08. The average molecular weight is 420 g/mol. The number of amides is 1. The van der Waals surface area contributed by atoms with Crippen LogP contribution in [0.5, 0.6) is 5.75 Å². The number of carbonyl (C=O) groups is 1. The average Bonchev–Trinajstić information content (AvgIpc) is 2.70. The van der Waals surface area contributed by atoms with E-state index < -0.39 is 0 Å². The van der Waals surface area contributed by atoms with Gasteiger partial charge in [0.1, 0.15) is 10.8 Å². The van der Waals surface area contributed by atoms with Gasteiger partial charge >= 0.3 is 0 Å². The summed E-state index contributed by atoms with van der Waals surface area (Å²) in [5.41, 5.74) is 2.17. The fourth-order valence-electron chi connectivity index (χ4n) is 2.24. The number of nitrogens with one attached hydrogen (secondary N) is 1. The summed E-state index contributed by atoms with van der Waals surface area (Å²) in [5.74, 6) is 0.759. The molecule has 3 aromatic rings. The zero-order valence-corrected chi connectivity index (χ0v) is 16.6. The number of rotatable bonds is 6. The molecular weight excluding hydrogens is 405 g/mol. The summed E-state index contributed by atoms with van der Waals surface area (Å²) in [6, 6.07) is 16.3. The van der Waals surface area contributed by atoms with Crippen molar-refractivity contribution < 1.29 is 9.53 Å². The number of carbonyl (C=O) groups excluding carboxylic acids is 1. The minimum atomic E-state index is -0.204. The van der Waals surface area contributed by atoms with Gasteiger partial charge in [0, 0.05) is 5.56 Å². The predicted molar refractivity (Wildman–Crippen MR) is 110 cm³/mol. The first-order valence-corrected chi connectivity index (χ1v) is 9.66. The molecule has 8 heteroatoms. The van der Waals surface area contributed by atoms with E-state index in [4.69, 9.17) is 27.9 Å². The van der Waals surface area contributed by atoms with Crippen LogP contribution >= 0.6 is 35.0 Å². The largest absolute Gasteiger partial charge is 0.497 e. The molecule has 27 heavy (non-hydrogen) atoms. The molecule has 1 N–H and O–H groups in total. The minimum Gasteiger partial charge on any atom is -0.497 e. The summed E-state index contributed by atoms with van der Waals surface area (Å²) in [6.45, 7) is 0. The highest BCUT2D eigenvalue weighted by Gasteiger charge is 2.10. The third kappa shape index (κ3) is 5.13. The number of anilines is 1.